The summed E-state index contributed by atoms with van der Waals surface area (Å²) in [5.74, 6) is 0.792. The fraction of sp³-hybridized carbons (Fsp3) is 0.526. The lowest BCUT2D eigenvalue weighted by Gasteiger charge is -2.27. The summed E-state index contributed by atoms with van der Waals surface area (Å²) in [7, 11) is 4.46. The van der Waals surface area contributed by atoms with Gasteiger partial charge in [-0.1, -0.05) is 31.5 Å². The Morgan fingerprint density at radius 2 is 1.91 bits per heavy atom. The zero-order valence-corrected chi connectivity index (χ0v) is 14.4. The number of likely N-dealkylation sites (N-methyl/N-ethyl adjacent to an activating group) is 1. The van der Waals surface area contributed by atoms with Gasteiger partial charge in [-0.05, 0) is 37.3 Å². The number of pyridine rings is 1. The molecule has 0 unspecified atom stereocenters. The van der Waals surface area contributed by atoms with Crippen LogP contribution >= 0.6 is 0 Å². The zero-order valence-electron chi connectivity index (χ0n) is 14.4. The van der Waals surface area contributed by atoms with Crippen molar-refractivity contribution in [1.82, 2.24) is 4.98 Å². The first kappa shape index (κ1) is 16.8. The summed E-state index contributed by atoms with van der Waals surface area (Å²) in [6, 6.07) is 10.6. The van der Waals surface area contributed by atoms with Crippen molar-refractivity contribution in [1.29, 1.82) is 0 Å². The van der Waals surface area contributed by atoms with Gasteiger partial charge in [-0.25, -0.2) is 4.98 Å². The minimum Gasteiger partial charge on any atom is -0.471 e. The number of benzene rings is 1. The molecule has 3 nitrogen and oxygen atoms in total. The number of aryl methyl sites for hydroxylation is 1. The van der Waals surface area contributed by atoms with Crippen LogP contribution in [-0.4, -0.2) is 43.3 Å². The zero-order chi connectivity index (χ0) is 16.0. The van der Waals surface area contributed by atoms with Gasteiger partial charge in [0.05, 0.1) is 20.6 Å². The Hall–Kier alpha value is -1.61. The average Bonchev–Trinajstić information content (AvgIpc) is 2.52. The van der Waals surface area contributed by atoms with Crippen molar-refractivity contribution < 1.29 is 9.22 Å². The highest BCUT2D eigenvalue weighted by Gasteiger charge is 2.13. The van der Waals surface area contributed by atoms with Gasteiger partial charge in [0, 0.05) is 11.1 Å². The Bertz CT molecular complexity index is 607. The Kier molecular flexibility index (Phi) is 5.78. The number of rotatable bonds is 8. The molecule has 0 saturated heterocycles. The van der Waals surface area contributed by atoms with Crippen molar-refractivity contribution >= 4 is 10.8 Å². The van der Waals surface area contributed by atoms with Gasteiger partial charge in [-0.15, -0.1) is 0 Å². The van der Waals surface area contributed by atoms with E-state index >= 15 is 0 Å². The van der Waals surface area contributed by atoms with Gasteiger partial charge in [-0.3, -0.25) is 0 Å². The van der Waals surface area contributed by atoms with Gasteiger partial charge in [0.1, 0.15) is 13.2 Å². The van der Waals surface area contributed by atoms with E-state index in [-0.39, 0.29) is 0 Å². The van der Waals surface area contributed by atoms with Gasteiger partial charge >= 0.3 is 0 Å². The molecule has 0 fully saturated rings. The van der Waals surface area contributed by atoms with Gasteiger partial charge in [0.2, 0.25) is 5.88 Å². The number of ether oxygens (including phenoxy) is 1. The number of quaternary nitrogens is 1. The molecule has 2 aromatic rings. The molecule has 0 atom stereocenters. The molecule has 120 valence electrons. The lowest BCUT2D eigenvalue weighted by atomic mass is 10.1. The summed E-state index contributed by atoms with van der Waals surface area (Å²) < 4.78 is 7.02. The quantitative estimate of drug-likeness (QED) is 0.686. The van der Waals surface area contributed by atoms with E-state index in [0.29, 0.717) is 6.61 Å². The Balaban J connectivity index is 2.19. The molecule has 0 aliphatic rings. The van der Waals surface area contributed by atoms with Crippen molar-refractivity contribution in [3.8, 4) is 5.88 Å². The molecule has 22 heavy (non-hydrogen) atoms. The highest BCUT2D eigenvalue weighted by atomic mass is 16.5. The van der Waals surface area contributed by atoms with Crippen LogP contribution in [0.4, 0.5) is 0 Å². The summed E-state index contributed by atoms with van der Waals surface area (Å²) in [6.07, 6.45) is 3.38. The third-order valence-corrected chi connectivity index (χ3v) is 4.34. The smallest absolute Gasteiger partial charge is 0.221 e. The normalized spacial score (nSPS) is 11.8. The molecule has 0 radical (unpaired) electrons. The van der Waals surface area contributed by atoms with E-state index in [2.05, 4.69) is 58.3 Å². The molecule has 0 aliphatic heterocycles. The summed E-state index contributed by atoms with van der Waals surface area (Å²) in [6.45, 7) is 7.22. The second-order valence-electron chi connectivity index (χ2n) is 6.57. The molecule has 0 spiro atoms. The van der Waals surface area contributed by atoms with Crippen molar-refractivity contribution in [2.24, 2.45) is 0 Å². The largest absolute Gasteiger partial charge is 0.471 e. The van der Waals surface area contributed by atoms with Gasteiger partial charge in [0.15, 0.2) is 0 Å². The lowest BCUT2D eigenvalue weighted by Crippen LogP contribution is -2.42. The molecule has 1 heterocycles. The first-order valence-corrected chi connectivity index (χ1v) is 8.39. The fourth-order valence-corrected chi connectivity index (χ4v) is 2.36. The maximum absolute atomic E-state index is 6.05. The minimum atomic E-state index is 0.703. The highest BCUT2D eigenvalue weighted by Crippen LogP contribution is 2.25. The summed E-state index contributed by atoms with van der Waals surface area (Å²) in [5, 5.41) is 2.34. The van der Waals surface area contributed by atoms with Crippen molar-refractivity contribution in [3.05, 3.63) is 36.0 Å². The van der Waals surface area contributed by atoms with Crippen LogP contribution in [-0.2, 0) is 6.42 Å². The van der Waals surface area contributed by atoms with Crippen LogP contribution in [0, 0.1) is 0 Å². The van der Waals surface area contributed by atoms with E-state index in [1.54, 1.807) is 0 Å². The number of hydrogen-bond donors (Lipinski definition) is 0. The maximum atomic E-state index is 6.05. The molecule has 0 N–H and O–H groups in total. The molecule has 3 heteroatoms. The first-order valence-electron chi connectivity index (χ1n) is 8.39. The second-order valence-corrected chi connectivity index (χ2v) is 6.57. The van der Waals surface area contributed by atoms with E-state index in [0.717, 1.165) is 41.0 Å². The summed E-state index contributed by atoms with van der Waals surface area (Å²) in [5.41, 5.74) is 1.14. The van der Waals surface area contributed by atoms with Crippen LogP contribution < -0.4 is 4.74 Å². The van der Waals surface area contributed by atoms with Gasteiger partial charge in [0.25, 0.3) is 0 Å². The van der Waals surface area contributed by atoms with Crippen molar-refractivity contribution in [3.63, 3.8) is 0 Å². The van der Waals surface area contributed by atoms with E-state index in [9.17, 15) is 0 Å². The van der Waals surface area contributed by atoms with Crippen LogP contribution in [0.1, 0.15) is 32.4 Å². The topological polar surface area (TPSA) is 22.1 Å². The maximum Gasteiger partial charge on any atom is 0.221 e. The number of hydrogen-bond acceptors (Lipinski definition) is 2. The molecule has 0 saturated carbocycles. The molecule has 2 rings (SSSR count). The lowest BCUT2D eigenvalue weighted by molar-refractivity contribution is -0.888. The molecule has 1 aromatic carbocycles. The van der Waals surface area contributed by atoms with E-state index in [4.69, 9.17) is 9.72 Å². The summed E-state index contributed by atoms with van der Waals surface area (Å²) in [4.78, 5) is 4.75. The number of fused-ring (bicyclic) bond motifs is 1. The van der Waals surface area contributed by atoms with Crippen LogP contribution in [0.25, 0.3) is 10.8 Å². The van der Waals surface area contributed by atoms with E-state index in [1.165, 1.54) is 18.2 Å². The molecule has 0 bridgehead atoms. The fourth-order valence-electron chi connectivity index (χ4n) is 2.36. The Labute approximate surface area is 134 Å². The SMILES string of the molecule is CCCCc1cc2ccccc2c(OCC[N+](C)(C)CC)n1. The van der Waals surface area contributed by atoms with Gasteiger partial charge < -0.3 is 9.22 Å². The Morgan fingerprint density at radius 1 is 1.14 bits per heavy atom. The standard InChI is InChI=1S/C19H29N2O/c1-5-7-11-17-15-16-10-8-9-12-18(16)19(20-17)22-14-13-21(3,4)6-2/h8-10,12,15H,5-7,11,13-14H2,1-4H3/q+1. The molecule has 0 aliphatic carbocycles. The van der Waals surface area contributed by atoms with Gasteiger partial charge in [-0.2, -0.15) is 0 Å². The molecular formula is C19H29N2O+. The molecular weight excluding hydrogens is 272 g/mol. The molecule has 0 amide bonds. The Morgan fingerprint density at radius 3 is 2.64 bits per heavy atom. The monoisotopic (exact) mass is 301 g/mol. The van der Waals surface area contributed by atoms with Crippen LogP contribution in [0.3, 0.4) is 0 Å². The third-order valence-electron chi connectivity index (χ3n) is 4.34. The third kappa shape index (κ3) is 4.44. The number of unbranched alkanes of at least 4 members (excludes halogenated alkanes) is 1. The van der Waals surface area contributed by atoms with E-state index in [1.807, 2.05) is 0 Å². The second kappa shape index (κ2) is 7.59. The van der Waals surface area contributed by atoms with E-state index < -0.39 is 0 Å². The predicted octanol–water partition coefficient (Wildman–Crippen LogP) is 4.05. The van der Waals surface area contributed by atoms with Crippen LogP contribution in [0.15, 0.2) is 30.3 Å². The molecule has 1 aromatic heterocycles. The highest BCUT2D eigenvalue weighted by molar-refractivity contribution is 5.87. The van der Waals surface area contributed by atoms with Crippen LogP contribution in [0.5, 0.6) is 5.88 Å². The van der Waals surface area contributed by atoms with Crippen LogP contribution in [0.2, 0.25) is 0 Å². The average molecular weight is 301 g/mol. The number of aromatic nitrogens is 1. The van der Waals surface area contributed by atoms with Crippen molar-refractivity contribution in [2.75, 3.05) is 33.8 Å². The summed E-state index contributed by atoms with van der Waals surface area (Å²) >= 11 is 0. The predicted molar refractivity (Wildman–Crippen MR) is 93.4 cm³/mol. The number of nitrogens with zero attached hydrogens (tertiary/aromatic N) is 2. The minimum absolute atomic E-state index is 0.703. The first-order chi connectivity index (χ1) is 10.6. The van der Waals surface area contributed by atoms with Crippen molar-refractivity contribution in [2.45, 2.75) is 33.1 Å².